The molecule has 1 saturated heterocycles. The Labute approximate surface area is 211 Å². The molecule has 1 aliphatic rings. The van der Waals surface area contributed by atoms with Gasteiger partial charge in [0, 0.05) is 36.0 Å². The van der Waals surface area contributed by atoms with E-state index < -0.39 is 0 Å². The Morgan fingerprint density at radius 1 is 0.735 bits per heavy atom. The van der Waals surface area contributed by atoms with Gasteiger partial charge in [-0.25, -0.2) is 4.98 Å². The second-order valence-corrected chi connectivity index (χ2v) is 12.2. The third-order valence-corrected chi connectivity index (χ3v) is 7.51. The molecular formula is C29H55N5. The topological polar surface area (TPSA) is 53.9 Å². The lowest BCUT2D eigenvalue weighted by molar-refractivity contribution is 0.160. The Morgan fingerprint density at radius 2 is 1.18 bits per heavy atom. The van der Waals surface area contributed by atoms with Gasteiger partial charge in [-0.15, -0.1) is 0 Å². The number of nitrogens with zero attached hydrogens (tertiary/aromatic N) is 4. The van der Waals surface area contributed by atoms with Gasteiger partial charge in [-0.2, -0.15) is 9.97 Å². The second kappa shape index (κ2) is 13.2. The Hall–Kier alpha value is -1.23. The van der Waals surface area contributed by atoms with Gasteiger partial charge in [0.1, 0.15) is 11.6 Å². The van der Waals surface area contributed by atoms with Crippen LogP contribution in [0.25, 0.3) is 0 Å². The van der Waals surface area contributed by atoms with Crippen LogP contribution in [0.4, 0.5) is 5.95 Å². The van der Waals surface area contributed by atoms with E-state index in [0.29, 0.717) is 17.9 Å². The first kappa shape index (κ1) is 29.0. The van der Waals surface area contributed by atoms with E-state index in [1.165, 1.54) is 51.4 Å². The van der Waals surface area contributed by atoms with Crippen LogP contribution in [-0.2, 0) is 0 Å². The molecule has 0 radical (unpaired) electrons. The summed E-state index contributed by atoms with van der Waals surface area (Å²) in [5.74, 6) is 3.87. The maximum absolute atomic E-state index is 5.20. The van der Waals surface area contributed by atoms with Crippen molar-refractivity contribution >= 4 is 5.95 Å². The Morgan fingerprint density at radius 3 is 1.56 bits per heavy atom. The van der Waals surface area contributed by atoms with Crippen molar-refractivity contribution in [2.75, 3.05) is 11.9 Å². The van der Waals surface area contributed by atoms with E-state index in [1.54, 1.807) is 0 Å². The summed E-state index contributed by atoms with van der Waals surface area (Å²) in [6, 6.07) is 0.412. The number of nitrogens with one attached hydrogen (secondary N) is 1. The minimum Gasteiger partial charge on any atom is -0.341 e. The van der Waals surface area contributed by atoms with Crippen LogP contribution in [0.2, 0.25) is 0 Å². The molecule has 0 amide bonds. The average molecular weight is 474 g/mol. The minimum absolute atomic E-state index is 0.0944. The molecule has 1 aromatic rings. The van der Waals surface area contributed by atoms with Gasteiger partial charge in [-0.05, 0) is 66.2 Å². The Balaban J connectivity index is 2.49. The lowest BCUT2D eigenvalue weighted by atomic mass is 9.79. The highest BCUT2D eigenvalue weighted by molar-refractivity contribution is 5.33. The SMILES string of the molecule is CCCCC(CCC)c1nc(C(CCC)CCCC)nc(N(C)C2CC(C)(C)NC(C)(C)C2)n1. The van der Waals surface area contributed by atoms with Crippen molar-refractivity contribution in [2.24, 2.45) is 0 Å². The fraction of sp³-hybridized carbons (Fsp3) is 0.897. The maximum Gasteiger partial charge on any atom is 0.228 e. The normalized spacial score (nSPS) is 19.7. The standard InChI is InChI=1S/C29H55N5/c1-10-14-18-22(16-12-3)25-30-26(23(17-13-4)19-15-11-2)32-27(31-25)34(9)24-20-28(5,6)33-29(7,8)21-24/h22-24,33H,10-21H2,1-9H3. The number of piperidine rings is 1. The van der Waals surface area contributed by atoms with E-state index in [4.69, 9.17) is 15.0 Å². The molecular weight excluding hydrogens is 418 g/mol. The molecule has 5 heteroatoms. The number of hydrogen-bond donors (Lipinski definition) is 1. The maximum atomic E-state index is 5.20. The smallest absolute Gasteiger partial charge is 0.228 e. The zero-order valence-electron chi connectivity index (χ0n) is 24.0. The van der Waals surface area contributed by atoms with E-state index in [0.717, 1.165) is 43.3 Å². The predicted molar refractivity (Wildman–Crippen MR) is 147 cm³/mol. The fourth-order valence-electron chi connectivity index (χ4n) is 6.03. The summed E-state index contributed by atoms with van der Waals surface area (Å²) in [6.45, 7) is 18.4. The highest BCUT2D eigenvalue weighted by Crippen LogP contribution is 2.34. The van der Waals surface area contributed by atoms with Crippen LogP contribution in [0.5, 0.6) is 0 Å². The molecule has 0 saturated carbocycles. The van der Waals surface area contributed by atoms with Crippen molar-refractivity contribution in [1.29, 1.82) is 0 Å². The first-order valence-electron chi connectivity index (χ1n) is 14.3. The molecule has 2 rings (SSSR count). The number of unbranched alkanes of at least 4 members (excludes halogenated alkanes) is 2. The van der Waals surface area contributed by atoms with Crippen molar-refractivity contribution in [3.05, 3.63) is 11.6 Å². The van der Waals surface area contributed by atoms with Crippen molar-refractivity contribution < 1.29 is 0 Å². The lowest BCUT2D eigenvalue weighted by Crippen LogP contribution is -2.62. The van der Waals surface area contributed by atoms with Crippen LogP contribution < -0.4 is 10.2 Å². The van der Waals surface area contributed by atoms with Gasteiger partial charge in [0.15, 0.2) is 0 Å². The van der Waals surface area contributed by atoms with E-state index in [1.807, 2.05) is 0 Å². The third-order valence-electron chi connectivity index (χ3n) is 7.51. The summed E-state index contributed by atoms with van der Waals surface area (Å²) in [7, 11) is 2.22. The van der Waals surface area contributed by atoms with Crippen molar-refractivity contribution in [3.63, 3.8) is 0 Å². The molecule has 196 valence electrons. The van der Waals surface area contributed by atoms with Gasteiger partial charge in [-0.1, -0.05) is 66.2 Å². The van der Waals surface area contributed by atoms with Gasteiger partial charge in [0.25, 0.3) is 0 Å². The zero-order chi connectivity index (χ0) is 25.4. The molecule has 2 heterocycles. The van der Waals surface area contributed by atoms with Gasteiger partial charge in [-0.3, -0.25) is 0 Å². The molecule has 5 nitrogen and oxygen atoms in total. The highest BCUT2D eigenvalue weighted by atomic mass is 15.3. The summed E-state index contributed by atoms with van der Waals surface area (Å²) in [6.07, 6.45) is 14.1. The zero-order valence-corrected chi connectivity index (χ0v) is 24.0. The molecule has 34 heavy (non-hydrogen) atoms. The summed E-state index contributed by atoms with van der Waals surface area (Å²) >= 11 is 0. The summed E-state index contributed by atoms with van der Waals surface area (Å²) in [5.41, 5.74) is 0.189. The predicted octanol–water partition coefficient (Wildman–Crippen LogP) is 7.76. The summed E-state index contributed by atoms with van der Waals surface area (Å²) in [5, 5.41) is 3.83. The number of rotatable bonds is 14. The first-order chi connectivity index (χ1) is 16.1. The highest BCUT2D eigenvalue weighted by Gasteiger charge is 2.40. The second-order valence-electron chi connectivity index (χ2n) is 12.2. The van der Waals surface area contributed by atoms with Crippen LogP contribution >= 0.6 is 0 Å². The fourth-order valence-corrected chi connectivity index (χ4v) is 6.03. The van der Waals surface area contributed by atoms with Gasteiger partial charge < -0.3 is 10.2 Å². The van der Waals surface area contributed by atoms with Crippen molar-refractivity contribution in [1.82, 2.24) is 20.3 Å². The van der Waals surface area contributed by atoms with E-state index in [2.05, 4.69) is 72.7 Å². The van der Waals surface area contributed by atoms with Crippen LogP contribution in [0.15, 0.2) is 0 Å². The Bertz CT molecular complexity index is 677. The molecule has 0 aliphatic carbocycles. The number of aromatic nitrogens is 3. The molecule has 1 fully saturated rings. The number of hydrogen-bond acceptors (Lipinski definition) is 5. The average Bonchev–Trinajstić information content (AvgIpc) is 2.76. The third kappa shape index (κ3) is 8.46. The van der Waals surface area contributed by atoms with E-state index in [9.17, 15) is 0 Å². The van der Waals surface area contributed by atoms with Crippen LogP contribution in [0.3, 0.4) is 0 Å². The minimum atomic E-state index is 0.0944. The van der Waals surface area contributed by atoms with Crippen LogP contribution in [0.1, 0.15) is 156 Å². The van der Waals surface area contributed by atoms with Crippen LogP contribution in [-0.4, -0.2) is 39.1 Å². The molecule has 1 aromatic heterocycles. The van der Waals surface area contributed by atoms with Crippen molar-refractivity contribution in [3.8, 4) is 0 Å². The first-order valence-corrected chi connectivity index (χ1v) is 14.3. The van der Waals surface area contributed by atoms with Gasteiger partial charge in [0.2, 0.25) is 5.95 Å². The summed E-state index contributed by atoms with van der Waals surface area (Å²) < 4.78 is 0. The van der Waals surface area contributed by atoms with E-state index >= 15 is 0 Å². The molecule has 0 spiro atoms. The van der Waals surface area contributed by atoms with Gasteiger partial charge in [0.05, 0.1) is 0 Å². The lowest BCUT2D eigenvalue weighted by Gasteiger charge is -2.49. The molecule has 1 aliphatic heterocycles. The molecule has 0 aromatic carbocycles. The molecule has 0 bridgehead atoms. The van der Waals surface area contributed by atoms with Crippen molar-refractivity contribution in [2.45, 2.75) is 161 Å². The molecule has 2 unspecified atom stereocenters. The van der Waals surface area contributed by atoms with E-state index in [-0.39, 0.29) is 11.1 Å². The number of anilines is 1. The van der Waals surface area contributed by atoms with Crippen LogP contribution in [0, 0.1) is 0 Å². The summed E-state index contributed by atoms with van der Waals surface area (Å²) in [4.78, 5) is 17.9. The largest absolute Gasteiger partial charge is 0.341 e. The quantitative estimate of drug-likeness (QED) is 0.299. The van der Waals surface area contributed by atoms with Gasteiger partial charge >= 0.3 is 0 Å². The Kier molecular flexibility index (Phi) is 11.2. The molecule has 1 N–H and O–H groups in total. The monoisotopic (exact) mass is 473 g/mol. The molecule has 2 atom stereocenters.